The second kappa shape index (κ2) is 13.4. The number of unbranched alkanes of at least 4 members (excludes halogenated alkanes) is 1. The van der Waals surface area contributed by atoms with E-state index in [1.54, 1.807) is 0 Å². The van der Waals surface area contributed by atoms with Gasteiger partial charge in [0.15, 0.2) is 0 Å². The number of rotatable bonds is 8. The normalized spacial score (nSPS) is 12.4. The van der Waals surface area contributed by atoms with Crippen molar-refractivity contribution >= 4 is 30.7 Å². The molecule has 1 rings (SSSR count). The summed E-state index contributed by atoms with van der Waals surface area (Å²) in [5.41, 5.74) is 8.77. The zero-order valence-electron chi connectivity index (χ0n) is 20.3. The Morgan fingerprint density at radius 2 is 1.57 bits per heavy atom. The molecule has 1 nitrogen and oxygen atoms in total. The predicted molar refractivity (Wildman–Crippen MR) is 145 cm³/mol. The van der Waals surface area contributed by atoms with Gasteiger partial charge in [-0.05, 0) is 70.6 Å². The quantitative estimate of drug-likeness (QED) is 0.185. The fraction of sp³-hybridized carbons (Fsp3) is 0.593. The summed E-state index contributed by atoms with van der Waals surface area (Å²) in [5.74, 6) is 10.2. The molecular formula is C27H40INSi. The smallest absolute Gasteiger partial charge is 0.146 e. The van der Waals surface area contributed by atoms with E-state index in [0.717, 1.165) is 30.5 Å². The molecule has 0 bridgehead atoms. The first kappa shape index (κ1) is 27.0. The van der Waals surface area contributed by atoms with E-state index in [1.165, 1.54) is 22.0 Å². The van der Waals surface area contributed by atoms with Crippen LogP contribution in [0.5, 0.6) is 0 Å². The van der Waals surface area contributed by atoms with Crippen LogP contribution in [0, 0.1) is 23.3 Å². The standard InChI is InChI=1S/C27H40INSi/c1-9-11-13-27(28)25(12-10-2)16-14-24-15-17-26(29-20-24)18-19-30(21(3)4,22(5)6)23(7)8/h15,17,20-23H,9-13H2,1-8H3/b27-25-. The Labute approximate surface area is 201 Å². The summed E-state index contributed by atoms with van der Waals surface area (Å²) in [7, 11) is -1.72. The van der Waals surface area contributed by atoms with Gasteiger partial charge in [0.2, 0.25) is 0 Å². The molecule has 0 spiro atoms. The van der Waals surface area contributed by atoms with Crippen LogP contribution in [0.3, 0.4) is 0 Å². The fourth-order valence-electron chi connectivity index (χ4n) is 4.29. The second-order valence-corrected chi connectivity index (χ2v) is 15.9. The van der Waals surface area contributed by atoms with Crippen molar-refractivity contribution in [2.45, 2.75) is 104 Å². The van der Waals surface area contributed by atoms with Crippen LogP contribution in [0.2, 0.25) is 16.6 Å². The highest BCUT2D eigenvalue weighted by molar-refractivity contribution is 14.1. The van der Waals surface area contributed by atoms with Gasteiger partial charge in [-0.2, -0.15) is 0 Å². The minimum atomic E-state index is -1.72. The van der Waals surface area contributed by atoms with Crippen molar-refractivity contribution in [3.8, 4) is 23.3 Å². The van der Waals surface area contributed by atoms with E-state index in [0.29, 0.717) is 16.6 Å². The maximum atomic E-state index is 4.61. The summed E-state index contributed by atoms with van der Waals surface area (Å²) < 4.78 is 1.41. The number of allylic oxidation sites excluding steroid dienone is 2. The second-order valence-electron chi connectivity index (χ2n) is 9.07. The van der Waals surface area contributed by atoms with Crippen LogP contribution in [0.25, 0.3) is 0 Å². The van der Waals surface area contributed by atoms with Crippen LogP contribution in [0.1, 0.15) is 98.8 Å². The SMILES string of the molecule is CCCC/C(I)=C(/C#Cc1ccc(C#C[Si](C(C)C)(C(C)C)C(C)C)nc1)CCC. The average molecular weight is 534 g/mol. The Balaban J connectivity index is 3.12. The molecule has 0 unspecified atom stereocenters. The molecule has 0 fully saturated rings. The molecule has 0 saturated heterocycles. The van der Waals surface area contributed by atoms with Crippen molar-refractivity contribution in [1.29, 1.82) is 0 Å². The van der Waals surface area contributed by atoms with Gasteiger partial charge in [0.25, 0.3) is 0 Å². The van der Waals surface area contributed by atoms with E-state index >= 15 is 0 Å². The molecule has 1 aromatic heterocycles. The van der Waals surface area contributed by atoms with Gasteiger partial charge in [-0.3, -0.25) is 0 Å². The lowest BCUT2D eigenvalue weighted by atomic mass is 10.1. The molecule has 0 N–H and O–H groups in total. The van der Waals surface area contributed by atoms with E-state index in [9.17, 15) is 0 Å². The molecule has 0 aromatic carbocycles. The van der Waals surface area contributed by atoms with Gasteiger partial charge in [-0.15, -0.1) is 5.54 Å². The van der Waals surface area contributed by atoms with E-state index in [4.69, 9.17) is 0 Å². The molecule has 0 atom stereocenters. The number of nitrogens with zero attached hydrogens (tertiary/aromatic N) is 1. The van der Waals surface area contributed by atoms with Crippen LogP contribution in [0.4, 0.5) is 0 Å². The summed E-state index contributed by atoms with van der Waals surface area (Å²) in [6.45, 7) is 18.5. The highest BCUT2D eigenvalue weighted by Crippen LogP contribution is 2.40. The molecule has 0 radical (unpaired) electrons. The lowest BCUT2D eigenvalue weighted by molar-refractivity contribution is 0.803. The predicted octanol–water partition coefficient (Wildman–Crippen LogP) is 8.68. The van der Waals surface area contributed by atoms with Crippen LogP contribution >= 0.6 is 22.6 Å². The van der Waals surface area contributed by atoms with Crippen LogP contribution in [-0.4, -0.2) is 13.1 Å². The molecular weight excluding hydrogens is 493 g/mol. The van der Waals surface area contributed by atoms with Crippen molar-refractivity contribution in [3.05, 3.63) is 38.7 Å². The van der Waals surface area contributed by atoms with E-state index < -0.39 is 8.07 Å². The van der Waals surface area contributed by atoms with Crippen molar-refractivity contribution in [3.63, 3.8) is 0 Å². The van der Waals surface area contributed by atoms with Crippen molar-refractivity contribution in [2.75, 3.05) is 0 Å². The summed E-state index contributed by atoms with van der Waals surface area (Å²) in [6, 6.07) is 4.10. The first-order chi connectivity index (χ1) is 14.2. The molecule has 1 aromatic rings. The van der Waals surface area contributed by atoms with Crippen molar-refractivity contribution < 1.29 is 0 Å². The summed E-state index contributed by atoms with van der Waals surface area (Å²) >= 11 is 2.48. The largest absolute Gasteiger partial charge is 0.247 e. The van der Waals surface area contributed by atoms with E-state index in [-0.39, 0.29) is 0 Å². The molecule has 0 aliphatic carbocycles. The number of pyridine rings is 1. The Morgan fingerprint density at radius 1 is 0.933 bits per heavy atom. The summed E-state index contributed by atoms with van der Waals surface area (Å²) in [5, 5.41) is 0. The first-order valence-electron chi connectivity index (χ1n) is 11.6. The van der Waals surface area contributed by atoms with Crippen molar-refractivity contribution in [2.24, 2.45) is 0 Å². The number of hydrogen-bond acceptors (Lipinski definition) is 1. The van der Waals surface area contributed by atoms with Crippen LogP contribution in [-0.2, 0) is 0 Å². The third-order valence-corrected chi connectivity index (χ3v) is 13.5. The average Bonchev–Trinajstić information content (AvgIpc) is 2.69. The van der Waals surface area contributed by atoms with Gasteiger partial charge in [-0.25, -0.2) is 4.98 Å². The van der Waals surface area contributed by atoms with Gasteiger partial charge in [0.1, 0.15) is 13.8 Å². The Hall–Kier alpha value is -1.04. The monoisotopic (exact) mass is 533 g/mol. The Bertz CT molecular complexity index is 789. The minimum absolute atomic E-state index is 0.633. The molecule has 1 heterocycles. The number of aromatic nitrogens is 1. The molecule has 0 aliphatic heterocycles. The highest BCUT2D eigenvalue weighted by Gasteiger charge is 2.41. The lowest BCUT2D eigenvalue weighted by Gasteiger charge is -2.38. The van der Waals surface area contributed by atoms with Crippen LogP contribution in [0.15, 0.2) is 27.5 Å². The first-order valence-corrected chi connectivity index (χ1v) is 14.9. The van der Waals surface area contributed by atoms with Crippen LogP contribution < -0.4 is 0 Å². The zero-order chi connectivity index (χ0) is 22.7. The summed E-state index contributed by atoms with van der Waals surface area (Å²) in [4.78, 5) is 4.61. The molecule has 0 aliphatic rings. The molecule has 164 valence electrons. The Morgan fingerprint density at radius 3 is 2.03 bits per heavy atom. The molecule has 30 heavy (non-hydrogen) atoms. The van der Waals surface area contributed by atoms with Gasteiger partial charge in [0, 0.05) is 20.9 Å². The topological polar surface area (TPSA) is 12.9 Å². The minimum Gasteiger partial charge on any atom is -0.247 e. The van der Waals surface area contributed by atoms with Gasteiger partial charge in [0.05, 0.1) is 0 Å². The third-order valence-electron chi connectivity index (χ3n) is 5.97. The molecule has 3 heteroatoms. The van der Waals surface area contributed by atoms with E-state index in [2.05, 4.69) is 112 Å². The maximum absolute atomic E-state index is 4.61. The lowest BCUT2D eigenvalue weighted by Crippen LogP contribution is -2.43. The Kier molecular flexibility index (Phi) is 12.0. The van der Waals surface area contributed by atoms with Crippen molar-refractivity contribution in [1.82, 2.24) is 4.98 Å². The number of hydrogen-bond donors (Lipinski definition) is 0. The van der Waals surface area contributed by atoms with Gasteiger partial charge in [-0.1, -0.05) is 86.0 Å². The zero-order valence-corrected chi connectivity index (χ0v) is 23.5. The number of halogens is 1. The third kappa shape index (κ3) is 7.58. The fourth-order valence-corrected chi connectivity index (χ4v) is 10.3. The van der Waals surface area contributed by atoms with E-state index in [1.807, 2.05) is 12.3 Å². The maximum Gasteiger partial charge on any atom is 0.146 e. The molecule has 0 amide bonds. The van der Waals surface area contributed by atoms with Gasteiger partial charge < -0.3 is 0 Å². The van der Waals surface area contributed by atoms with Gasteiger partial charge >= 0.3 is 0 Å². The summed E-state index contributed by atoms with van der Waals surface area (Å²) in [6.07, 6.45) is 7.65. The molecule has 0 saturated carbocycles. The highest BCUT2D eigenvalue weighted by atomic mass is 127.